The van der Waals surface area contributed by atoms with Crippen LogP contribution in [0.3, 0.4) is 0 Å². The van der Waals surface area contributed by atoms with Gasteiger partial charge in [-0.2, -0.15) is 5.26 Å². The molecule has 12 heavy (non-hydrogen) atoms. The number of hydrogen-bond donors (Lipinski definition) is 2. The average molecular weight is 173 g/mol. The molecular weight excluding hydrogens is 162 g/mol. The largest absolute Gasteiger partial charge is 0.412 e. The quantitative estimate of drug-likeness (QED) is 0.435. The van der Waals surface area contributed by atoms with Crippen LogP contribution in [0.4, 0.5) is 0 Å². The molecular formula is C6H11N3O3. The highest BCUT2D eigenvalue weighted by atomic mass is 16.1. The molecule has 68 valence electrons. The lowest BCUT2D eigenvalue weighted by Crippen LogP contribution is -1.53. The van der Waals surface area contributed by atoms with Crippen LogP contribution in [0.1, 0.15) is 19.8 Å². The molecule has 6 heteroatoms. The molecule has 0 bridgehead atoms. The Morgan fingerprint density at radius 2 is 1.50 bits per heavy atom. The van der Waals surface area contributed by atoms with Gasteiger partial charge in [-0.25, -0.2) is 20.4 Å². The molecule has 6 nitrogen and oxygen atoms in total. The first-order chi connectivity index (χ1) is 5.24. The second kappa shape index (κ2) is 60.2. The van der Waals surface area contributed by atoms with Crippen molar-refractivity contribution in [3.8, 4) is 6.07 Å². The zero-order valence-electron chi connectivity index (χ0n) is 6.68. The van der Waals surface area contributed by atoms with E-state index in [2.05, 4.69) is 0 Å². The summed E-state index contributed by atoms with van der Waals surface area (Å²) in [5, 5.41) is 18.6. The van der Waals surface area contributed by atoms with Crippen molar-refractivity contribution in [1.29, 1.82) is 16.1 Å². The van der Waals surface area contributed by atoms with Crippen LogP contribution in [-0.2, 0) is 9.59 Å². The Balaban J connectivity index is -0.0000000406. The second-order valence-electron chi connectivity index (χ2n) is 1.11. The number of nitriles is 1. The van der Waals surface area contributed by atoms with E-state index in [1.165, 1.54) is 0 Å². The van der Waals surface area contributed by atoms with Gasteiger partial charge in [0.1, 0.15) is 0 Å². The van der Waals surface area contributed by atoms with Crippen LogP contribution in [0.25, 0.3) is 0 Å². The first-order valence-corrected chi connectivity index (χ1v) is 2.69. The third-order valence-electron chi connectivity index (χ3n) is 0.362. The fraction of sp³-hybridized carbons (Fsp3) is 0.500. The zero-order valence-corrected chi connectivity index (χ0v) is 6.68. The topological polar surface area (TPSA) is 137 Å². The van der Waals surface area contributed by atoms with Crippen LogP contribution >= 0.6 is 0 Å². The van der Waals surface area contributed by atoms with Crippen molar-refractivity contribution in [1.82, 2.24) is 0 Å². The summed E-state index contributed by atoms with van der Waals surface area (Å²) < 4.78 is 0. The molecule has 0 fully saturated rings. The molecule has 0 radical (unpaired) electrons. The van der Waals surface area contributed by atoms with E-state index in [9.17, 15) is 0 Å². The molecule has 0 saturated heterocycles. The van der Waals surface area contributed by atoms with E-state index in [1.807, 2.05) is 13.0 Å². The first-order valence-electron chi connectivity index (χ1n) is 2.69. The van der Waals surface area contributed by atoms with Crippen LogP contribution in [0.5, 0.6) is 0 Å². The molecule has 0 aliphatic heterocycles. The standard InChI is InChI=1S/C4H7N.2CHNO.H2O/c1-2-3-4-5;2*2-1-3;/h2-3H2,1H3;2*2H;1H2. The summed E-state index contributed by atoms with van der Waals surface area (Å²) in [6.07, 6.45) is 3.18. The molecule has 0 atom stereocenters. The van der Waals surface area contributed by atoms with Crippen LogP contribution < -0.4 is 0 Å². The minimum absolute atomic E-state index is 0. The van der Waals surface area contributed by atoms with E-state index in [4.69, 9.17) is 25.7 Å². The van der Waals surface area contributed by atoms with Crippen LogP contribution in [-0.4, -0.2) is 17.6 Å². The molecule has 0 aromatic carbocycles. The molecule has 0 unspecified atom stereocenters. The summed E-state index contributed by atoms with van der Waals surface area (Å²) in [6, 6.07) is 2.02. The number of nitrogens with zero attached hydrogens (tertiary/aromatic N) is 1. The maximum atomic E-state index is 8.35. The monoisotopic (exact) mass is 173 g/mol. The summed E-state index contributed by atoms with van der Waals surface area (Å²) in [7, 11) is 0. The van der Waals surface area contributed by atoms with Crippen molar-refractivity contribution >= 4 is 12.2 Å². The highest BCUT2D eigenvalue weighted by molar-refractivity contribution is 5.26. The maximum Gasteiger partial charge on any atom is 0.231 e. The number of nitrogens with one attached hydrogen (secondary N) is 2. The molecule has 0 saturated carbocycles. The molecule has 0 aromatic rings. The Morgan fingerprint density at radius 3 is 1.50 bits per heavy atom. The molecule has 0 amide bonds. The molecule has 0 spiro atoms. The summed E-state index contributed by atoms with van der Waals surface area (Å²) in [5.41, 5.74) is 0. The van der Waals surface area contributed by atoms with Gasteiger partial charge in [-0.15, -0.1) is 0 Å². The normalized spacial score (nSPS) is 4.00. The lowest BCUT2D eigenvalue weighted by atomic mass is 10.4. The van der Waals surface area contributed by atoms with Gasteiger partial charge in [0.25, 0.3) is 0 Å². The Labute approximate surface area is 70.1 Å². The number of hydrogen-bond acceptors (Lipinski definition) is 5. The highest BCUT2D eigenvalue weighted by Crippen LogP contribution is 1.77. The first kappa shape index (κ1) is 22.5. The molecule has 0 aromatic heterocycles. The van der Waals surface area contributed by atoms with Gasteiger partial charge in [-0.05, 0) is 6.42 Å². The highest BCUT2D eigenvalue weighted by Gasteiger charge is 1.65. The summed E-state index contributed by atoms with van der Waals surface area (Å²) in [5.74, 6) is 0. The van der Waals surface area contributed by atoms with E-state index < -0.39 is 0 Å². The maximum absolute atomic E-state index is 8.35. The van der Waals surface area contributed by atoms with Crippen molar-refractivity contribution < 1.29 is 15.1 Å². The summed E-state index contributed by atoms with van der Waals surface area (Å²) in [4.78, 5) is 16.7. The van der Waals surface area contributed by atoms with Gasteiger partial charge < -0.3 is 5.48 Å². The molecule has 0 aliphatic rings. The molecule has 0 rings (SSSR count). The van der Waals surface area contributed by atoms with Crippen molar-refractivity contribution in [2.75, 3.05) is 0 Å². The van der Waals surface area contributed by atoms with E-state index >= 15 is 0 Å². The second-order valence-corrected chi connectivity index (χ2v) is 1.11. The molecule has 0 aliphatic carbocycles. The number of unbranched alkanes of at least 4 members (excludes halogenated alkanes) is 1. The fourth-order valence-electron chi connectivity index (χ4n) is 0.112. The Morgan fingerprint density at radius 1 is 1.25 bits per heavy atom. The number of isocyanates is 2. The van der Waals surface area contributed by atoms with E-state index in [0.29, 0.717) is 6.42 Å². The summed E-state index contributed by atoms with van der Waals surface area (Å²) in [6.45, 7) is 1.99. The van der Waals surface area contributed by atoms with E-state index in [0.717, 1.165) is 18.6 Å². The van der Waals surface area contributed by atoms with Crippen molar-refractivity contribution in [3.05, 3.63) is 0 Å². The zero-order chi connectivity index (χ0) is 9.54. The van der Waals surface area contributed by atoms with Gasteiger partial charge in [0, 0.05) is 6.42 Å². The van der Waals surface area contributed by atoms with Gasteiger partial charge in [-0.1, -0.05) is 6.92 Å². The van der Waals surface area contributed by atoms with Gasteiger partial charge in [0.15, 0.2) is 0 Å². The van der Waals surface area contributed by atoms with E-state index in [-0.39, 0.29) is 5.48 Å². The lowest BCUT2D eigenvalue weighted by molar-refractivity contribution is 0.562. The van der Waals surface area contributed by atoms with Crippen molar-refractivity contribution in [2.45, 2.75) is 19.8 Å². The SMILES string of the molecule is CCCC#N.N=C=O.N=C=O.O. The average Bonchev–Trinajstić information content (AvgIpc) is 1.92. The smallest absolute Gasteiger partial charge is 0.231 e. The predicted octanol–water partition coefficient (Wildman–Crippen LogP) is 0.287. The molecule has 4 N–H and O–H groups in total. The molecule has 0 heterocycles. The van der Waals surface area contributed by atoms with Gasteiger partial charge in [0.2, 0.25) is 12.2 Å². The summed E-state index contributed by atoms with van der Waals surface area (Å²) >= 11 is 0. The third-order valence-corrected chi connectivity index (χ3v) is 0.362. The van der Waals surface area contributed by atoms with Gasteiger partial charge in [0.05, 0.1) is 6.07 Å². The van der Waals surface area contributed by atoms with Crippen molar-refractivity contribution in [2.24, 2.45) is 0 Å². The van der Waals surface area contributed by atoms with Crippen LogP contribution in [0.2, 0.25) is 0 Å². The predicted molar refractivity (Wildman–Crippen MR) is 41.0 cm³/mol. The minimum atomic E-state index is 0. The fourth-order valence-corrected chi connectivity index (χ4v) is 0.112. The van der Waals surface area contributed by atoms with Crippen LogP contribution in [0.15, 0.2) is 0 Å². The Hall–Kier alpha value is -1.79. The Bertz CT molecular complexity index is 149. The lowest BCUT2D eigenvalue weighted by Gasteiger charge is -1.65. The van der Waals surface area contributed by atoms with Gasteiger partial charge in [-0.3, -0.25) is 0 Å². The minimum Gasteiger partial charge on any atom is -0.412 e. The Kier molecular flexibility index (Phi) is 113. The van der Waals surface area contributed by atoms with Crippen molar-refractivity contribution in [3.63, 3.8) is 0 Å². The number of carbonyl (C=O) groups excluding carboxylic acids is 2. The van der Waals surface area contributed by atoms with Gasteiger partial charge >= 0.3 is 0 Å². The van der Waals surface area contributed by atoms with E-state index in [1.54, 1.807) is 0 Å². The van der Waals surface area contributed by atoms with Crippen LogP contribution in [0, 0.1) is 22.1 Å². The third kappa shape index (κ3) is 9680. The number of rotatable bonds is 1.